The van der Waals surface area contributed by atoms with Crippen LogP contribution in [0.15, 0.2) is 38.8 Å². The number of nitrogens with zero attached hydrogens (tertiary/aromatic N) is 1. The predicted molar refractivity (Wildman–Crippen MR) is 74.4 cm³/mol. The standard InChI is InChI=1S/C14H12BrNO3/c15-9-6-5-8-11(13(9)17)7-3-1-2-4-10(7)16-12(8)14(18)19/h2,4,6,8,10H,1,3,5H2,(H,18,19). The van der Waals surface area contributed by atoms with E-state index in [1.165, 1.54) is 0 Å². The van der Waals surface area contributed by atoms with E-state index in [1.54, 1.807) is 6.08 Å². The summed E-state index contributed by atoms with van der Waals surface area (Å²) in [4.78, 5) is 28.0. The van der Waals surface area contributed by atoms with E-state index < -0.39 is 5.97 Å². The molecule has 98 valence electrons. The van der Waals surface area contributed by atoms with Crippen molar-refractivity contribution in [2.75, 3.05) is 0 Å². The van der Waals surface area contributed by atoms with Gasteiger partial charge in [0.2, 0.25) is 0 Å². The third-order valence-electron chi connectivity index (χ3n) is 3.77. The molecule has 3 aliphatic rings. The van der Waals surface area contributed by atoms with Crippen LogP contribution in [-0.4, -0.2) is 28.6 Å². The van der Waals surface area contributed by atoms with Gasteiger partial charge in [-0.1, -0.05) is 18.2 Å². The maximum Gasteiger partial charge on any atom is 0.350 e. The van der Waals surface area contributed by atoms with Gasteiger partial charge in [0.25, 0.3) is 0 Å². The summed E-state index contributed by atoms with van der Waals surface area (Å²) in [7, 11) is 0. The van der Waals surface area contributed by atoms with Crippen LogP contribution in [0.1, 0.15) is 19.3 Å². The average Bonchev–Trinajstić information content (AvgIpc) is 2.41. The molecule has 0 saturated carbocycles. The molecule has 1 aliphatic heterocycles. The van der Waals surface area contributed by atoms with Gasteiger partial charge in [0.05, 0.1) is 10.5 Å². The van der Waals surface area contributed by atoms with E-state index in [2.05, 4.69) is 20.9 Å². The lowest BCUT2D eigenvalue weighted by Gasteiger charge is -2.33. The molecular formula is C14H12BrNO3. The summed E-state index contributed by atoms with van der Waals surface area (Å²) in [6.45, 7) is 0. The van der Waals surface area contributed by atoms with Gasteiger partial charge in [-0.15, -0.1) is 0 Å². The number of carbonyl (C=O) groups excluding carboxylic acids is 1. The first kappa shape index (κ1) is 12.5. The van der Waals surface area contributed by atoms with Crippen LogP contribution in [0.5, 0.6) is 0 Å². The van der Waals surface area contributed by atoms with E-state index in [9.17, 15) is 14.7 Å². The average molecular weight is 322 g/mol. The van der Waals surface area contributed by atoms with Crippen molar-refractivity contribution in [3.8, 4) is 0 Å². The molecule has 2 atom stereocenters. The number of halogens is 1. The molecule has 0 aromatic carbocycles. The minimum absolute atomic E-state index is 0.0831. The second-order valence-corrected chi connectivity index (χ2v) is 5.69. The Balaban J connectivity index is 2.18. The van der Waals surface area contributed by atoms with Gasteiger partial charge in [-0.2, -0.15) is 0 Å². The number of aliphatic carboxylic acids is 1. The SMILES string of the molecule is O=C(O)C1=NC2C=CCCC2=C2C(=O)C(Br)=CCC12. The first-order chi connectivity index (χ1) is 9.09. The second kappa shape index (κ2) is 4.56. The number of ketones is 1. The molecule has 0 saturated heterocycles. The molecule has 0 aromatic rings. The fourth-order valence-corrected chi connectivity index (χ4v) is 3.32. The normalized spacial score (nSPS) is 29.4. The predicted octanol–water partition coefficient (Wildman–Crippen LogP) is 2.41. The molecule has 2 aliphatic carbocycles. The molecule has 19 heavy (non-hydrogen) atoms. The number of carbonyl (C=O) groups is 2. The quantitative estimate of drug-likeness (QED) is 0.754. The fourth-order valence-electron chi connectivity index (χ4n) is 2.92. The number of dihydropyridines is 1. The van der Waals surface area contributed by atoms with E-state index >= 15 is 0 Å². The molecule has 4 nitrogen and oxygen atoms in total. The molecule has 0 fully saturated rings. The first-order valence-corrected chi connectivity index (χ1v) is 7.00. The Kier molecular flexibility index (Phi) is 3.01. The van der Waals surface area contributed by atoms with E-state index in [-0.39, 0.29) is 23.5 Å². The van der Waals surface area contributed by atoms with Crippen LogP contribution >= 0.6 is 15.9 Å². The number of fused-ring (bicyclic) bond motifs is 2. The molecule has 1 N–H and O–H groups in total. The molecule has 0 aromatic heterocycles. The van der Waals surface area contributed by atoms with Crippen LogP contribution in [-0.2, 0) is 9.59 Å². The highest BCUT2D eigenvalue weighted by atomic mass is 79.9. The van der Waals surface area contributed by atoms with Gasteiger partial charge in [-0.05, 0) is 40.8 Å². The van der Waals surface area contributed by atoms with Crippen molar-refractivity contribution < 1.29 is 14.7 Å². The number of rotatable bonds is 1. The number of allylic oxidation sites excluding steroid dienone is 4. The summed E-state index contributed by atoms with van der Waals surface area (Å²) in [5.74, 6) is -1.50. The molecule has 0 bridgehead atoms. The maximum absolute atomic E-state index is 12.3. The van der Waals surface area contributed by atoms with Gasteiger partial charge in [0, 0.05) is 11.5 Å². The van der Waals surface area contributed by atoms with Gasteiger partial charge in [-0.25, -0.2) is 4.79 Å². The molecule has 2 unspecified atom stereocenters. The number of carboxylic acids is 1. The highest BCUT2D eigenvalue weighted by Gasteiger charge is 2.40. The molecule has 3 rings (SSSR count). The van der Waals surface area contributed by atoms with Gasteiger partial charge < -0.3 is 5.11 Å². The van der Waals surface area contributed by atoms with Gasteiger partial charge in [0.1, 0.15) is 5.71 Å². The van der Waals surface area contributed by atoms with Crippen molar-refractivity contribution >= 4 is 33.4 Å². The number of carboxylic acid groups (broad SMARTS) is 1. The van der Waals surface area contributed by atoms with Crippen LogP contribution in [0.2, 0.25) is 0 Å². The van der Waals surface area contributed by atoms with Crippen molar-refractivity contribution in [2.45, 2.75) is 25.3 Å². The van der Waals surface area contributed by atoms with Crippen molar-refractivity contribution in [2.24, 2.45) is 10.9 Å². The lowest BCUT2D eigenvalue weighted by molar-refractivity contribution is -0.129. The summed E-state index contributed by atoms with van der Waals surface area (Å²) in [5, 5.41) is 9.30. The summed E-state index contributed by atoms with van der Waals surface area (Å²) in [6, 6.07) is -0.270. The Labute approximate surface area is 118 Å². The third kappa shape index (κ3) is 1.92. The minimum atomic E-state index is -1.03. The number of aliphatic imine (C=N–C) groups is 1. The van der Waals surface area contributed by atoms with Crippen molar-refractivity contribution in [3.05, 3.63) is 33.9 Å². The third-order valence-corrected chi connectivity index (χ3v) is 4.46. The lowest BCUT2D eigenvalue weighted by Crippen LogP contribution is -2.37. The summed E-state index contributed by atoms with van der Waals surface area (Å²) in [6.07, 6.45) is 7.83. The number of Topliss-reactive ketones (excluding diaryl/α,β-unsaturated/α-hetero) is 1. The van der Waals surface area contributed by atoms with Crippen LogP contribution in [0.4, 0.5) is 0 Å². The van der Waals surface area contributed by atoms with Gasteiger partial charge >= 0.3 is 5.97 Å². The molecular weight excluding hydrogens is 310 g/mol. The first-order valence-electron chi connectivity index (χ1n) is 6.20. The van der Waals surface area contributed by atoms with E-state index in [0.29, 0.717) is 16.5 Å². The largest absolute Gasteiger partial charge is 0.477 e. The zero-order valence-corrected chi connectivity index (χ0v) is 11.7. The molecule has 1 heterocycles. The topological polar surface area (TPSA) is 66.7 Å². The second-order valence-electron chi connectivity index (χ2n) is 4.84. The highest BCUT2D eigenvalue weighted by molar-refractivity contribution is 9.12. The highest BCUT2D eigenvalue weighted by Crippen LogP contribution is 2.39. The Morgan fingerprint density at radius 2 is 2.26 bits per heavy atom. The Morgan fingerprint density at radius 3 is 3.00 bits per heavy atom. The van der Waals surface area contributed by atoms with Gasteiger partial charge in [-0.3, -0.25) is 9.79 Å². The van der Waals surface area contributed by atoms with Crippen LogP contribution in [0, 0.1) is 5.92 Å². The van der Waals surface area contributed by atoms with Crippen LogP contribution < -0.4 is 0 Å². The monoisotopic (exact) mass is 321 g/mol. The number of hydrogen-bond acceptors (Lipinski definition) is 3. The zero-order chi connectivity index (χ0) is 13.6. The Morgan fingerprint density at radius 1 is 1.47 bits per heavy atom. The fraction of sp³-hybridized carbons (Fsp3) is 0.357. The smallest absolute Gasteiger partial charge is 0.350 e. The van der Waals surface area contributed by atoms with Gasteiger partial charge in [0.15, 0.2) is 5.78 Å². The van der Waals surface area contributed by atoms with Crippen molar-refractivity contribution in [1.29, 1.82) is 0 Å². The van der Waals surface area contributed by atoms with Crippen molar-refractivity contribution in [1.82, 2.24) is 0 Å². The number of hydrogen-bond donors (Lipinski definition) is 1. The summed E-state index contributed by atoms with van der Waals surface area (Å²) >= 11 is 3.26. The van der Waals surface area contributed by atoms with E-state index in [1.807, 2.05) is 12.2 Å². The minimum Gasteiger partial charge on any atom is -0.477 e. The zero-order valence-electron chi connectivity index (χ0n) is 10.1. The summed E-state index contributed by atoms with van der Waals surface area (Å²) in [5.41, 5.74) is 1.75. The lowest BCUT2D eigenvalue weighted by atomic mass is 9.75. The Hall–Kier alpha value is -1.49. The van der Waals surface area contributed by atoms with Crippen LogP contribution in [0.25, 0.3) is 0 Å². The maximum atomic E-state index is 12.3. The molecule has 5 heteroatoms. The van der Waals surface area contributed by atoms with E-state index in [4.69, 9.17) is 0 Å². The summed E-state index contributed by atoms with van der Waals surface area (Å²) < 4.78 is 0.534. The molecule has 0 amide bonds. The van der Waals surface area contributed by atoms with Crippen molar-refractivity contribution in [3.63, 3.8) is 0 Å². The molecule has 0 spiro atoms. The molecule has 0 radical (unpaired) electrons. The van der Waals surface area contributed by atoms with E-state index in [0.717, 1.165) is 18.4 Å². The van der Waals surface area contributed by atoms with Crippen LogP contribution in [0.3, 0.4) is 0 Å². The Bertz CT molecular complexity index is 598.